The highest BCUT2D eigenvalue weighted by Crippen LogP contribution is 2.34. The van der Waals surface area contributed by atoms with E-state index in [4.69, 9.17) is 0 Å². The topological polar surface area (TPSA) is 45.2 Å². The van der Waals surface area contributed by atoms with E-state index in [1.807, 2.05) is 4.90 Å². The van der Waals surface area contributed by atoms with Crippen LogP contribution >= 0.6 is 11.3 Å². The summed E-state index contributed by atoms with van der Waals surface area (Å²) < 4.78 is 38.2. The lowest BCUT2D eigenvalue weighted by Crippen LogP contribution is -2.39. The van der Waals surface area contributed by atoms with Crippen LogP contribution < -0.4 is 5.32 Å². The highest BCUT2D eigenvalue weighted by Gasteiger charge is 2.31. The average molecular weight is 369 g/mol. The number of aromatic nitrogens is 1. The number of hydrogen-bond acceptors (Lipinski definition) is 4. The van der Waals surface area contributed by atoms with Crippen molar-refractivity contribution >= 4 is 22.4 Å². The number of likely N-dealkylation sites (tertiary alicyclic amines) is 1. The van der Waals surface area contributed by atoms with Gasteiger partial charge in [0.15, 0.2) is 5.13 Å². The molecule has 0 saturated carbocycles. The summed E-state index contributed by atoms with van der Waals surface area (Å²) in [6.45, 7) is 0.947. The van der Waals surface area contributed by atoms with Crippen LogP contribution in [0.25, 0.3) is 0 Å². The Morgan fingerprint density at radius 1 is 1.28 bits per heavy atom. The Bertz CT molecular complexity index is 701. The van der Waals surface area contributed by atoms with Crippen molar-refractivity contribution < 1.29 is 18.0 Å². The molecule has 1 atom stereocenters. The summed E-state index contributed by atoms with van der Waals surface area (Å²) in [6.07, 6.45) is 0.0818. The fraction of sp³-hybridized carbons (Fsp3) is 0.412. The van der Waals surface area contributed by atoms with Crippen LogP contribution in [0, 0.1) is 0 Å². The van der Waals surface area contributed by atoms with Gasteiger partial charge in [0, 0.05) is 17.6 Å². The van der Waals surface area contributed by atoms with Crippen LogP contribution in [0.3, 0.4) is 0 Å². The molecule has 1 fully saturated rings. The van der Waals surface area contributed by atoms with Gasteiger partial charge in [-0.2, -0.15) is 13.2 Å². The lowest BCUT2D eigenvalue weighted by molar-refractivity contribution is -0.137. The molecule has 1 unspecified atom stereocenters. The summed E-state index contributed by atoms with van der Waals surface area (Å²) in [6, 6.07) is 5.21. The van der Waals surface area contributed by atoms with Crippen molar-refractivity contribution in [3.8, 4) is 0 Å². The Morgan fingerprint density at radius 2 is 2.04 bits per heavy atom. The normalized spacial score (nSPS) is 18.9. The summed E-state index contributed by atoms with van der Waals surface area (Å²) in [4.78, 5) is 18.2. The van der Waals surface area contributed by atoms with Crippen molar-refractivity contribution in [3.63, 3.8) is 0 Å². The molecule has 4 nitrogen and oxygen atoms in total. The van der Waals surface area contributed by atoms with Gasteiger partial charge in [-0.25, -0.2) is 4.98 Å². The summed E-state index contributed by atoms with van der Waals surface area (Å²) in [5.41, 5.74) is 0.162. The Hall–Kier alpha value is -1.93. The van der Waals surface area contributed by atoms with Crippen LogP contribution in [0.1, 0.15) is 36.4 Å². The van der Waals surface area contributed by atoms with Crippen molar-refractivity contribution in [2.24, 2.45) is 0 Å². The van der Waals surface area contributed by atoms with E-state index in [9.17, 15) is 18.0 Å². The molecule has 0 radical (unpaired) electrons. The van der Waals surface area contributed by atoms with Gasteiger partial charge < -0.3 is 5.32 Å². The number of carbonyl (C=O) groups is 1. The lowest BCUT2D eigenvalue weighted by Gasteiger charge is -2.35. The number of carbonyl (C=O) groups excluding carboxylic acids is 1. The first kappa shape index (κ1) is 17.9. The SMILES string of the molecule is O=C(CN1CCCCC1c1ccc(C(F)(F)F)cc1)Nc1nccs1. The maximum absolute atomic E-state index is 12.7. The number of nitrogens with one attached hydrogen (secondary N) is 1. The van der Waals surface area contributed by atoms with E-state index in [2.05, 4.69) is 10.3 Å². The average Bonchev–Trinajstić information content (AvgIpc) is 3.07. The third-order valence-electron chi connectivity index (χ3n) is 4.26. The molecule has 25 heavy (non-hydrogen) atoms. The molecule has 2 aromatic rings. The molecule has 0 aliphatic carbocycles. The minimum atomic E-state index is -4.33. The Labute approximate surface area is 147 Å². The zero-order valence-corrected chi connectivity index (χ0v) is 14.2. The van der Waals surface area contributed by atoms with E-state index in [1.165, 1.54) is 23.5 Å². The number of piperidine rings is 1. The molecule has 2 heterocycles. The number of benzene rings is 1. The van der Waals surface area contributed by atoms with Crippen molar-refractivity contribution in [1.29, 1.82) is 0 Å². The monoisotopic (exact) mass is 369 g/mol. The fourth-order valence-corrected chi connectivity index (χ4v) is 3.63. The van der Waals surface area contributed by atoms with Crippen molar-refractivity contribution in [2.45, 2.75) is 31.5 Å². The lowest BCUT2D eigenvalue weighted by atomic mass is 9.94. The molecule has 8 heteroatoms. The molecule has 1 N–H and O–H groups in total. The number of rotatable bonds is 4. The van der Waals surface area contributed by atoms with Gasteiger partial charge in [0.25, 0.3) is 0 Å². The second kappa shape index (κ2) is 7.53. The van der Waals surface area contributed by atoms with Crippen molar-refractivity contribution in [1.82, 2.24) is 9.88 Å². The van der Waals surface area contributed by atoms with Crippen LogP contribution in [0.2, 0.25) is 0 Å². The Kier molecular flexibility index (Phi) is 5.39. The highest BCUT2D eigenvalue weighted by molar-refractivity contribution is 7.13. The molecule has 134 valence electrons. The summed E-state index contributed by atoms with van der Waals surface area (Å²) in [7, 11) is 0. The molecule has 1 aliphatic rings. The first-order valence-corrected chi connectivity index (χ1v) is 8.92. The Morgan fingerprint density at radius 3 is 2.68 bits per heavy atom. The first-order valence-electron chi connectivity index (χ1n) is 8.04. The third kappa shape index (κ3) is 4.58. The van der Waals surface area contributed by atoms with Gasteiger partial charge in [0.05, 0.1) is 12.1 Å². The summed E-state index contributed by atoms with van der Waals surface area (Å²) in [5, 5.41) is 5.08. The second-order valence-electron chi connectivity index (χ2n) is 5.99. The van der Waals surface area contributed by atoms with E-state index in [0.29, 0.717) is 5.13 Å². The van der Waals surface area contributed by atoms with Gasteiger partial charge in [-0.1, -0.05) is 18.6 Å². The van der Waals surface area contributed by atoms with Gasteiger partial charge in [0.1, 0.15) is 0 Å². The van der Waals surface area contributed by atoms with Crippen LogP contribution in [0.15, 0.2) is 35.8 Å². The van der Waals surface area contributed by atoms with Crippen molar-refractivity contribution in [3.05, 3.63) is 47.0 Å². The molecule has 0 spiro atoms. The van der Waals surface area contributed by atoms with Crippen LogP contribution in [0.5, 0.6) is 0 Å². The smallest absolute Gasteiger partial charge is 0.301 e. The van der Waals surface area contributed by atoms with Gasteiger partial charge in [-0.3, -0.25) is 9.69 Å². The third-order valence-corrected chi connectivity index (χ3v) is 4.95. The molecular formula is C17H18F3N3OS. The minimum Gasteiger partial charge on any atom is -0.301 e. The number of hydrogen-bond donors (Lipinski definition) is 1. The number of nitrogens with zero attached hydrogens (tertiary/aromatic N) is 2. The predicted molar refractivity (Wildman–Crippen MR) is 90.4 cm³/mol. The van der Waals surface area contributed by atoms with Crippen LogP contribution in [-0.4, -0.2) is 28.9 Å². The summed E-state index contributed by atoms with van der Waals surface area (Å²) >= 11 is 1.35. The maximum atomic E-state index is 12.7. The largest absolute Gasteiger partial charge is 0.416 e. The maximum Gasteiger partial charge on any atom is 0.416 e. The molecule has 0 bridgehead atoms. The van der Waals surface area contributed by atoms with Crippen LogP contribution in [-0.2, 0) is 11.0 Å². The van der Waals surface area contributed by atoms with Gasteiger partial charge in [-0.15, -0.1) is 11.3 Å². The van der Waals surface area contributed by atoms with Gasteiger partial charge in [-0.05, 0) is 37.1 Å². The highest BCUT2D eigenvalue weighted by atomic mass is 32.1. The number of amides is 1. The predicted octanol–water partition coefficient (Wildman–Crippen LogP) is 4.33. The Balaban J connectivity index is 1.69. The molecule has 1 saturated heterocycles. The van der Waals surface area contributed by atoms with E-state index < -0.39 is 11.7 Å². The molecule has 1 aliphatic heterocycles. The quantitative estimate of drug-likeness (QED) is 0.873. The second-order valence-corrected chi connectivity index (χ2v) is 6.88. The molecule has 1 amide bonds. The van der Waals surface area contributed by atoms with E-state index >= 15 is 0 Å². The zero-order chi connectivity index (χ0) is 17.9. The van der Waals surface area contributed by atoms with Gasteiger partial charge >= 0.3 is 6.18 Å². The van der Waals surface area contributed by atoms with E-state index in [1.54, 1.807) is 11.6 Å². The fourth-order valence-electron chi connectivity index (χ4n) is 3.08. The molecular weight excluding hydrogens is 351 g/mol. The van der Waals surface area contributed by atoms with E-state index in [0.717, 1.165) is 43.5 Å². The van der Waals surface area contributed by atoms with Crippen molar-refractivity contribution in [2.75, 3.05) is 18.4 Å². The number of thiazole rings is 1. The minimum absolute atomic E-state index is 0.0434. The first-order chi connectivity index (χ1) is 11.9. The molecule has 1 aromatic heterocycles. The number of anilines is 1. The van der Waals surface area contributed by atoms with E-state index in [-0.39, 0.29) is 18.5 Å². The molecule has 1 aromatic carbocycles. The molecule has 3 rings (SSSR count). The zero-order valence-electron chi connectivity index (χ0n) is 13.4. The van der Waals surface area contributed by atoms with Gasteiger partial charge in [0.2, 0.25) is 5.91 Å². The number of alkyl halides is 3. The van der Waals surface area contributed by atoms with Crippen LogP contribution in [0.4, 0.5) is 18.3 Å². The number of halogens is 3. The standard InChI is InChI=1S/C17H18F3N3OS/c18-17(19,20)13-6-4-12(5-7-13)14-3-1-2-9-23(14)11-15(24)22-16-21-8-10-25-16/h4-8,10,14H,1-3,9,11H2,(H,21,22,24). The summed E-state index contributed by atoms with van der Waals surface area (Å²) in [5.74, 6) is -0.159.